The van der Waals surface area contributed by atoms with E-state index in [2.05, 4.69) is 15.9 Å². The number of carboxylic acid groups (broad SMARTS) is 1. The van der Waals surface area contributed by atoms with Crippen molar-refractivity contribution in [3.8, 4) is 0 Å². The summed E-state index contributed by atoms with van der Waals surface area (Å²) < 4.78 is 13.7. The highest BCUT2D eigenvalue weighted by Crippen LogP contribution is 2.24. The quantitative estimate of drug-likeness (QED) is 0.855. The molecule has 1 aromatic heterocycles. The Morgan fingerprint density at radius 3 is 2.72 bits per heavy atom. The minimum atomic E-state index is -1.03. The average Bonchev–Trinajstić information content (AvgIpc) is 2.83. The second-order valence-corrected chi connectivity index (χ2v) is 5.32. The molecule has 0 aliphatic carbocycles. The molecule has 2 rings (SSSR count). The maximum atomic E-state index is 13.4. The second-order valence-electron chi connectivity index (χ2n) is 3.51. The third-order valence-corrected chi connectivity index (χ3v) is 3.82. The van der Waals surface area contributed by atoms with Gasteiger partial charge in [0.05, 0.1) is 10.0 Å². The van der Waals surface area contributed by atoms with Crippen molar-refractivity contribution in [3.05, 3.63) is 56.4 Å². The number of carbonyl (C=O) groups is 1. The van der Waals surface area contributed by atoms with E-state index in [0.29, 0.717) is 14.9 Å². The molecular formula is C13H8BrFO2S. The van der Waals surface area contributed by atoms with E-state index in [-0.39, 0.29) is 5.57 Å². The number of benzene rings is 1. The lowest BCUT2D eigenvalue weighted by molar-refractivity contribution is -0.130. The van der Waals surface area contributed by atoms with Gasteiger partial charge in [0.1, 0.15) is 5.82 Å². The molecule has 0 aliphatic heterocycles. The SMILES string of the molecule is O=C(O)/C(=C/c1ccc(Br)c(F)c1)c1cccs1. The fourth-order valence-corrected chi connectivity index (χ4v) is 2.42. The lowest BCUT2D eigenvalue weighted by Crippen LogP contribution is -1.97. The first-order valence-corrected chi connectivity index (χ1v) is 6.69. The number of hydrogen-bond acceptors (Lipinski definition) is 2. The average molecular weight is 327 g/mol. The van der Waals surface area contributed by atoms with Crippen LogP contribution in [0.1, 0.15) is 10.4 Å². The highest BCUT2D eigenvalue weighted by Gasteiger charge is 2.11. The summed E-state index contributed by atoms with van der Waals surface area (Å²) in [4.78, 5) is 11.8. The number of carboxylic acids is 1. The number of hydrogen-bond donors (Lipinski definition) is 1. The molecule has 0 bridgehead atoms. The summed E-state index contributed by atoms with van der Waals surface area (Å²) in [5, 5.41) is 11.0. The minimum absolute atomic E-state index is 0.159. The normalized spacial score (nSPS) is 11.6. The van der Waals surface area contributed by atoms with Gasteiger partial charge in [0.15, 0.2) is 0 Å². The molecule has 0 saturated heterocycles. The molecule has 1 aromatic carbocycles. The topological polar surface area (TPSA) is 37.3 Å². The Labute approximate surface area is 116 Å². The molecule has 2 nitrogen and oxygen atoms in total. The van der Waals surface area contributed by atoms with Crippen molar-refractivity contribution in [2.45, 2.75) is 0 Å². The fourth-order valence-electron chi connectivity index (χ4n) is 1.44. The van der Waals surface area contributed by atoms with Crippen LogP contribution in [0.25, 0.3) is 11.6 Å². The molecule has 2 aromatic rings. The van der Waals surface area contributed by atoms with E-state index in [1.165, 1.54) is 23.5 Å². The second kappa shape index (κ2) is 5.46. The Morgan fingerprint density at radius 1 is 1.39 bits per heavy atom. The Hall–Kier alpha value is -1.46. The summed E-state index contributed by atoms with van der Waals surface area (Å²) in [5.74, 6) is -1.44. The van der Waals surface area contributed by atoms with Crippen molar-refractivity contribution < 1.29 is 14.3 Å². The van der Waals surface area contributed by atoms with Crippen molar-refractivity contribution >= 4 is 44.9 Å². The van der Waals surface area contributed by atoms with Gasteiger partial charge >= 0.3 is 5.97 Å². The van der Waals surface area contributed by atoms with Crippen molar-refractivity contribution in [1.29, 1.82) is 0 Å². The van der Waals surface area contributed by atoms with Crippen molar-refractivity contribution in [2.24, 2.45) is 0 Å². The number of halogens is 2. The van der Waals surface area contributed by atoms with Gasteiger partial charge in [-0.2, -0.15) is 0 Å². The van der Waals surface area contributed by atoms with Crippen LogP contribution in [0.4, 0.5) is 4.39 Å². The molecule has 0 fully saturated rings. The summed E-state index contributed by atoms with van der Waals surface area (Å²) in [6.07, 6.45) is 1.46. The van der Waals surface area contributed by atoms with Crippen LogP contribution in [0.5, 0.6) is 0 Å². The molecule has 18 heavy (non-hydrogen) atoms. The predicted octanol–water partition coefficient (Wildman–Crippen LogP) is 4.27. The maximum absolute atomic E-state index is 13.4. The molecule has 0 saturated carbocycles. The van der Waals surface area contributed by atoms with Crippen LogP contribution in [0.2, 0.25) is 0 Å². The molecule has 1 N–H and O–H groups in total. The van der Waals surface area contributed by atoms with E-state index < -0.39 is 11.8 Å². The number of aliphatic carboxylic acids is 1. The molecule has 0 atom stereocenters. The van der Waals surface area contributed by atoms with Crippen molar-refractivity contribution in [1.82, 2.24) is 0 Å². The van der Waals surface area contributed by atoms with E-state index >= 15 is 0 Å². The maximum Gasteiger partial charge on any atom is 0.337 e. The zero-order valence-electron chi connectivity index (χ0n) is 9.06. The van der Waals surface area contributed by atoms with Gasteiger partial charge in [0.2, 0.25) is 0 Å². The van der Waals surface area contributed by atoms with Crippen LogP contribution < -0.4 is 0 Å². The highest BCUT2D eigenvalue weighted by molar-refractivity contribution is 9.10. The molecule has 0 radical (unpaired) electrons. The Bertz CT molecular complexity index is 605. The highest BCUT2D eigenvalue weighted by atomic mass is 79.9. The molecule has 0 spiro atoms. The molecular weight excluding hydrogens is 319 g/mol. The van der Waals surface area contributed by atoms with Crippen LogP contribution in [-0.2, 0) is 4.79 Å². The van der Waals surface area contributed by atoms with Gasteiger partial charge in [-0.15, -0.1) is 11.3 Å². The smallest absolute Gasteiger partial charge is 0.337 e. The van der Waals surface area contributed by atoms with Crippen LogP contribution in [0.15, 0.2) is 40.2 Å². The Kier molecular flexibility index (Phi) is 3.93. The largest absolute Gasteiger partial charge is 0.478 e. The van der Waals surface area contributed by atoms with Crippen LogP contribution in [0.3, 0.4) is 0 Å². The first kappa shape index (κ1) is 13.0. The number of rotatable bonds is 3. The van der Waals surface area contributed by atoms with Gasteiger partial charge in [-0.3, -0.25) is 0 Å². The fraction of sp³-hybridized carbons (Fsp3) is 0. The van der Waals surface area contributed by atoms with Crippen molar-refractivity contribution in [3.63, 3.8) is 0 Å². The van der Waals surface area contributed by atoms with E-state index in [1.54, 1.807) is 29.6 Å². The van der Waals surface area contributed by atoms with E-state index in [0.717, 1.165) is 0 Å². The van der Waals surface area contributed by atoms with E-state index in [4.69, 9.17) is 5.11 Å². The summed E-state index contributed by atoms with van der Waals surface area (Å²) in [7, 11) is 0. The predicted molar refractivity (Wildman–Crippen MR) is 73.9 cm³/mol. The zero-order chi connectivity index (χ0) is 13.1. The summed E-state index contributed by atoms with van der Waals surface area (Å²) in [5.41, 5.74) is 0.674. The molecule has 0 aliphatic rings. The monoisotopic (exact) mass is 326 g/mol. The molecule has 92 valence electrons. The summed E-state index contributed by atoms with van der Waals surface area (Å²) >= 11 is 4.39. The van der Waals surface area contributed by atoms with Gasteiger partial charge in [-0.1, -0.05) is 12.1 Å². The lowest BCUT2D eigenvalue weighted by Gasteiger charge is -2.01. The first-order valence-electron chi connectivity index (χ1n) is 5.02. The Morgan fingerprint density at radius 2 is 2.17 bits per heavy atom. The van der Waals surface area contributed by atoms with Crippen LogP contribution in [-0.4, -0.2) is 11.1 Å². The third kappa shape index (κ3) is 2.86. The van der Waals surface area contributed by atoms with Gasteiger partial charge in [0.25, 0.3) is 0 Å². The molecule has 5 heteroatoms. The first-order chi connectivity index (χ1) is 8.58. The number of thiophene rings is 1. The molecule has 1 heterocycles. The Balaban J connectivity index is 2.45. The van der Waals surface area contributed by atoms with Crippen LogP contribution >= 0.6 is 27.3 Å². The van der Waals surface area contributed by atoms with Gasteiger partial charge in [-0.05, 0) is 51.1 Å². The minimum Gasteiger partial charge on any atom is -0.478 e. The molecule has 0 amide bonds. The van der Waals surface area contributed by atoms with E-state index in [1.807, 2.05) is 0 Å². The van der Waals surface area contributed by atoms with Crippen LogP contribution in [0, 0.1) is 5.82 Å². The van der Waals surface area contributed by atoms with Gasteiger partial charge in [-0.25, -0.2) is 9.18 Å². The van der Waals surface area contributed by atoms with Crippen molar-refractivity contribution in [2.75, 3.05) is 0 Å². The van der Waals surface area contributed by atoms with E-state index in [9.17, 15) is 9.18 Å². The third-order valence-electron chi connectivity index (χ3n) is 2.27. The van der Waals surface area contributed by atoms with Gasteiger partial charge in [0, 0.05) is 4.88 Å². The van der Waals surface area contributed by atoms with Gasteiger partial charge < -0.3 is 5.11 Å². The summed E-state index contributed by atoms with van der Waals surface area (Å²) in [6.45, 7) is 0. The zero-order valence-corrected chi connectivity index (χ0v) is 11.5. The lowest BCUT2D eigenvalue weighted by atomic mass is 10.1. The summed E-state index contributed by atoms with van der Waals surface area (Å²) in [6, 6.07) is 8.00. The molecule has 0 unspecified atom stereocenters. The standard InChI is InChI=1S/C13H8BrFO2S/c14-10-4-3-8(7-11(10)15)6-9(13(16)17)12-2-1-5-18-12/h1-7H,(H,16,17)/b9-6+.